The van der Waals surface area contributed by atoms with Gasteiger partial charge in [0.05, 0.1) is 21.9 Å². The number of carbonyl (C=O) groups is 2. The van der Waals surface area contributed by atoms with Crippen LogP contribution in [0.3, 0.4) is 0 Å². The van der Waals surface area contributed by atoms with Gasteiger partial charge in [0, 0.05) is 25.5 Å². The molecule has 0 aliphatic carbocycles. The lowest BCUT2D eigenvalue weighted by Crippen LogP contribution is -2.35. The van der Waals surface area contributed by atoms with E-state index in [2.05, 4.69) is 5.32 Å². The minimum absolute atomic E-state index is 0.0162. The van der Waals surface area contributed by atoms with Crippen LogP contribution in [0, 0.1) is 5.82 Å². The number of likely N-dealkylation sites (N-methyl/N-ethyl adjacent to an activating group) is 2. The van der Waals surface area contributed by atoms with Crippen molar-refractivity contribution in [1.82, 2.24) is 4.31 Å². The molecule has 10 heteroatoms. The van der Waals surface area contributed by atoms with Crippen LogP contribution < -0.4 is 10.2 Å². The number of anilines is 2. The third kappa shape index (κ3) is 3.80. The quantitative estimate of drug-likeness (QED) is 0.754. The van der Waals surface area contributed by atoms with Crippen LogP contribution in [0.15, 0.2) is 41.3 Å². The molecule has 30 heavy (non-hydrogen) atoms. The van der Waals surface area contributed by atoms with Crippen molar-refractivity contribution >= 4 is 44.8 Å². The van der Waals surface area contributed by atoms with E-state index >= 15 is 0 Å². The summed E-state index contributed by atoms with van der Waals surface area (Å²) in [6, 6.07) is 8.13. The molecule has 0 bridgehead atoms. The van der Waals surface area contributed by atoms with Crippen LogP contribution in [0.5, 0.6) is 0 Å². The second-order valence-electron chi connectivity index (χ2n) is 7.61. The SMILES string of the molecule is CN1C(=O)C(C)(C)c2cc(S(=O)(=O)N(C)CC(=O)Nc3ccc(F)c(Cl)c3)ccc21. The third-order valence-electron chi connectivity index (χ3n) is 5.12. The van der Waals surface area contributed by atoms with Gasteiger partial charge in [-0.05, 0) is 55.8 Å². The number of carbonyl (C=O) groups excluding carboxylic acids is 2. The van der Waals surface area contributed by atoms with E-state index in [0.717, 1.165) is 10.4 Å². The molecule has 0 spiro atoms. The average molecular weight is 454 g/mol. The zero-order chi connectivity index (χ0) is 22.4. The van der Waals surface area contributed by atoms with Gasteiger partial charge in [0.15, 0.2) is 0 Å². The average Bonchev–Trinajstić information content (AvgIpc) is 2.84. The van der Waals surface area contributed by atoms with Gasteiger partial charge in [-0.15, -0.1) is 0 Å². The lowest BCUT2D eigenvalue weighted by atomic mass is 9.86. The maximum absolute atomic E-state index is 13.2. The number of sulfonamides is 1. The second-order valence-corrected chi connectivity index (χ2v) is 10.1. The van der Waals surface area contributed by atoms with Crippen LogP contribution in [0.1, 0.15) is 19.4 Å². The lowest BCUT2D eigenvalue weighted by molar-refractivity contribution is -0.121. The second kappa shape index (κ2) is 7.64. The molecule has 2 aromatic rings. The van der Waals surface area contributed by atoms with Crippen molar-refractivity contribution in [1.29, 1.82) is 0 Å². The summed E-state index contributed by atoms with van der Waals surface area (Å²) in [6.07, 6.45) is 0. The highest BCUT2D eigenvalue weighted by atomic mass is 35.5. The molecule has 1 heterocycles. The van der Waals surface area contributed by atoms with E-state index in [-0.39, 0.29) is 21.5 Å². The van der Waals surface area contributed by atoms with Crippen LogP contribution in [0.4, 0.5) is 15.8 Å². The molecule has 1 aliphatic rings. The normalized spacial score (nSPS) is 15.4. The Bertz CT molecular complexity index is 1150. The number of hydrogen-bond donors (Lipinski definition) is 1. The Hall–Kier alpha value is -2.49. The minimum Gasteiger partial charge on any atom is -0.325 e. The molecular formula is C20H21ClFN3O4S. The van der Waals surface area contributed by atoms with E-state index in [0.29, 0.717) is 11.3 Å². The fraction of sp³-hybridized carbons (Fsp3) is 0.300. The molecule has 1 N–H and O–H groups in total. The maximum atomic E-state index is 13.2. The smallest absolute Gasteiger partial charge is 0.243 e. The molecule has 1 aliphatic heterocycles. The van der Waals surface area contributed by atoms with Crippen molar-refractivity contribution in [3.63, 3.8) is 0 Å². The predicted molar refractivity (Wildman–Crippen MR) is 113 cm³/mol. The van der Waals surface area contributed by atoms with E-state index in [4.69, 9.17) is 11.6 Å². The highest BCUT2D eigenvalue weighted by Crippen LogP contribution is 2.41. The first-order chi connectivity index (χ1) is 13.9. The van der Waals surface area contributed by atoms with Crippen molar-refractivity contribution in [2.24, 2.45) is 0 Å². The highest BCUT2D eigenvalue weighted by Gasteiger charge is 2.43. The monoisotopic (exact) mass is 453 g/mol. The Labute approximate surface area is 179 Å². The molecule has 0 atom stereocenters. The zero-order valence-corrected chi connectivity index (χ0v) is 18.4. The molecular weight excluding hydrogens is 433 g/mol. The number of rotatable bonds is 5. The summed E-state index contributed by atoms with van der Waals surface area (Å²) in [6.45, 7) is 3.01. The van der Waals surface area contributed by atoms with Gasteiger partial charge in [-0.3, -0.25) is 9.59 Å². The number of hydrogen-bond acceptors (Lipinski definition) is 4. The Kier molecular flexibility index (Phi) is 5.66. The third-order valence-corrected chi connectivity index (χ3v) is 7.21. The number of nitrogens with zero attached hydrogens (tertiary/aromatic N) is 2. The number of amides is 2. The molecule has 7 nitrogen and oxygen atoms in total. The molecule has 2 aromatic carbocycles. The largest absolute Gasteiger partial charge is 0.325 e. The van der Waals surface area contributed by atoms with Crippen LogP contribution in [0.25, 0.3) is 0 Å². The molecule has 0 fully saturated rings. The molecule has 3 rings (SSSR count). The first-order valence-corrected chi connectivity index (χ1v) is 10.8. The number of nitrogens with one attached hydrogen (secondary N) is 1. The van der Waals surface area contributed by atoms with Gasteiger partial charge < -0.3 is 10.2 Å². The predicted octanol–water partition coefficient (Wildman–Crippen LogP) is 2.99. The molecule has 0 aromatic heterocycles. The van der Waals surface area contributed by atoms with E-state index in [9.17, 15) is 22.4 Å². The van der Waals surface area contributed by atoms with E-state index < -0.39 is 33.7 Å². The van der Waals surface area contributed by atoms with Gasteiger partial charge in [-0.2, -0.15) is 4.31 Å². The molecule has 0 saturated heterocycles. The van der Waals surface area contributed by atoms with Crippen LogP contribution in [0.2, 0.25) is 5.02 Å². The molecule has 0 radical (unpaired) electrons. The minimum atomic E-state index is -3.99. The van der Waals surface area contributed by atoms with Gasteiger partial charge >= 0.3 is 0 Å². The molecule has 0 saturated carbocycles. The molecule has 2 amide bonds. The maximum Gasteiger partial charge on any atom is 0.243 e. The summed E-state index contributed by atoms with van der Waals surface area (Å²) in [5.74, 6) is -1.36. The summed E-state index contributed by atoms with van der Waals surface area (Å²) in [5, 5.41) is 2.33. The summed E-state index contributed by atoms with van der Waals surface area (Å²) >= 11 is 5.69. The molecule has 160 valence electrons. The van der Waals surface area contributed by atoms with Gasteiger partial charge in [0.2, 0.25) is 21.8 Å². The van der Waals surface area contributed by atoms with Crippen LogP contribution in [-0.2, 0) is 25.0 Å². The number of fused-ring (bicyclic) bond motifs is 1. The van der Waals surface area contributed by atoms with Crippen molar-refractivity contribution in [2.75, 3.05) is 30.9 Å². The lowest BCUT2D eigenvalue weighted by Gasteiger charge is -2.19. The Morgan fingerprint density at radius 1 is 1.23 bits per heavy atom. The van der Waals surface area contributed by atoms with Crippen molar-refractivity contribution in [2.45, 2.75) is 24.2 Å². The zero-order valence-electron chi connectivity index (χ0n) is 16.9. The van der Waals surface area contributed by atoms with Crippen molar-refractivity contribution < 1.29 is 22.4 Å². The van der Waals surface area contributed by atoms with Crippen LogP contribution >= 0.6 is 11.6 Å². The summed E-state index contributed by atoms with van der Waals surface area (Å²) < 4.78 is 40.1. The summed E-state index contributed by atoms with van der Waals surface area (Å²) in [5.41, 5.74) is 0.651. The van der Waals surface area contributed by atoms with Crippen molar-refractivity contribution in [3.8, 4) is 0 Å². The van der Waals surface area contributed by atoms with Crippen molar-refractivity contribution in [3.05, 3.63) is 52.8 Å². The Balaban J connectivity index is 1.80. The van der Waals surface area contributed by atoms with Gasteiger partial charge in [0.1, 0.15) is 5.82 Å². The first-order valence-electron chi connectivity index (χ1n) is 8.99. The molecule has 0 unspecified atom stereocenters. The van der Waals surface area contributed by atoms with Gasteiger partial charge in [-0.1, -0.05) is 11.6 Å². The van der Waals surface area contributed by atoms with Crippen LogP contribution in [-0.4, -0.2) is 45.2 Å². The van der Waals surface area contributed by atoms with Gasteiger partial charge in [-0.25, -0.2) is 12.8 Å². The van der Waals surface area contributed by atoms with Gasteiger partial charge in [0.25, 0.3) is 0 Å². The fourth-order valence-electron chi connectivity index (χ4n) is 3.35. The summed E-state index contributed by atoms with van der Waals surface area (Å²) in [7, 11) is -1.07. The Morgan fingerprint density at radius 2 is 1.90 bits per heavy atom. The van der Waals surface area contributed by atoms with E-state index in [1.165, 1.54) is 36.2 Å². The fourth-order valence-corrected chi connectivity index (χ4v) is 4.69. The topological polar surface area (TPSA) is 86.8 Å². The van der Waals surface area contributed by atoms with E-state index in [1.54, 1.807) is 27.0 Å². The summed E-state index contributed by atoms with van der Waals surface area (Å²) in [4.78, 5) is 26.2. The number of benzene rings is 2. The highest BCUT2D eigenvalue weighted by molar-refractivity contribution is 7.89. The standard InChI is InChI=1S/C20H21ClFN3O4S/c1-20(2)14-10-13(6-8-17(14)25(4)19(20)27)30(28,29)24(3)11-18(26)23-12-5-7-16(22)15(21)9-12/h5-10H,11H2,1-4H3,(H,23,26). The Morgan fingerprint density at radius 3 is 2.53 bits per heavy atom. The number of halogens is 2. The first kappa shape index (κ1) is 22.2. The van der Waals surface area contributed by atoms with E-state index in [1.807, 2.05) is 0 Å².